The van der Waals surface area contributed by atoms with E-state index < -0.39 is 0 Å². The summed E-state index contributed by atoms with van der Waals surface area (Å²) in [5, 5.41) is 0. The van der Waals surface area contributed by atoms with Crippen LogP contribution in [0.25, 0.3) is 0 Å². The summed E-state index contributed by atoms with van der Waals surface area (Å²) in [7, 11) is 0. The van der Waals surface area contributed by atoms with E-state index in [-0.39, 0.29) is 0 Å². The molecule has 0 saturated carbocycles. The van der Waals surface area contributed by atoms with Crippen LogP contribution in [-0.4, -0.2) is 12.4 Å². The van der Waals surface area contributed by atoms with Gasteiger partial charge in [-0.25, -0.2) is 0 Å². The predicted molar refractivity (Wildman–Crippen MR) is 78.5 cm³/mol. The number of unbranched alkanes of at least 4 members (excludes halogenated alkanes) is 2. The summed E-state index contributed by atoms with van der Waals surface area (Å²) in [6.45, 7) is 7.34. The summed E-state index contributed by atoms with van der Waals surface area (Å²) >= 11 is 4.21. The number of hydrogen-bond acceptors (Lipinski definition) is 2. The Hall–Kier alpha value is -0.630. The Balaban J connectivity index is 2.53. The third-order valence-electron chi connectivity index (χ3n) is 2.85. The summed E-state index contributed by atoms with van der Waals surface area (Å²) in [4.78, 5) is 0. The molecule has 0 aliphatic rings. The third kappa shape index (κ3) is 5.03. The Morgan fingerprint density at radius 1 is 1.18 bits per heavy atom. The van der Waals surface area contributed by atoms with Crippen molar-refractivity contribution < 1.29 is 4.74 Å². The van der Waals surface area contributed by atoms with Gasteiger partial charge in [-0.2, -0.15) is 12.6 Å². The molecular formula is C15H24OS. The quantitative estimate of drug-likeness (QED) is 0.551. The van der Waals surface area contributed by atoms with Gasteiger partial charge in [0.2, 0.25) is 0 Å². The van der Waals surface area contributed by atoms with E-state index in [0.29, 0.717) is 5.92 Å². The molecule has 0 spiro atoms. The van der Waals surface area contributed by atoms with Crippen LogP contribution in [0.1, 0.15) is 50.2 Å². The molecule has 0 heterocycles. The van der Waals surface area contributed by atoms with Gasteiger partial charge in [-0.15, -0.1) is 0 Å². The van der Waals surface area contributed by atoms with E-state index in [1.165, 1.54) is 24.0 Å². The maximum atomic E-state index is 5.90. The lowest BCUT2D eigenvalue weighted by molar-refractivity contribution is 0.302. The number of benzene rings is 1. The minimum Gasteiger partial charge on any atom is -0.493 e. The average molecular weight is 252 g/mol. The Kier molecular flexibility index (Phi) is 6.49. The molecule has 0 unspecified atom stereocenters. The van der Waals surface area contributed by atoms with Gasteiger partial charge in [0.15, 0.2) is 0 Å². The Morgan fingerprint density at radius 2 is 1.94 bits per heavy atom. The lowest BCUT2D eigenvalue weighted by Crippen LogP contribution is -2.02. The Morgan fingerprint density at radius 3 is 2.59 bits per heavy atom. The molecule has 1 rings (SSSR count). The van der Waals surface area contributed by atoms with Crippen molar-refractivity contribution in [2.45, 2.75) is 46.0 Å². The number of thiol groups is 1. The van der Waals surface area contributed by atoms with Crippen LogP contribution in [0, 0.1) is 6.92 Å². The van der Waals surface area contributed by atoms with Gasteiger partial charge in [0.05, 0.1) is 6.61 Å². The minimum atomic E-state index is 0.517. The van der Waals surface area contributed by atoms with E-state index in [9.17, 15) is 0 Å². The van der Waals surface area contributed by atoms with Crippen molar-refractivity contribution >= 4 is 12.6 Å². The van der Waals surface area contributed by atoms with Gasteiger partial charge in [0.25, 0.3) is 0 Å². The lowest BCUT2D eigenvalue weighted by Gasteiger charge is -2.14. The van der Waals surface area contributed by atoms with Crippen LogP contribution >= 0.6 is 12.6 Å². The molecule has 0 aromatic heterocycles. The number of ether oxygens (including phenoxy) is 1. The van der Waals surface area contributed by atoms with Gasteiger partial charge < -0.3 is 4.74 Å². The SMILES string of the molecule is Cc1ccc(C(C)C)c(OCCCCCS)c1. The summed E-state index contributed by atoms with van der Waals surface area (Å²) in [6.07, 6.45) is 3.50. The van der Waals surface area contributed by atoms with Crippen LogP contribution in [0.5, 0.6) is 5.75 Å². The number of aryl methyl sites for hydroxylation is 1. The second-order valence-corrected chi connectivity index (χ2v) is 5.28. The molecule has 17 heavy (non-hydrogen) atoms. The molecule has 0 N–H and O–H groups in total. The second kappa shape index (κ2) is 7.65. The summed E-state index contributed by atoms with van der Waals surface area (Å²) in [5.41, 5.74) is 2.57. The Labute approximate surface area is 111 Å². The molecule has 0 fully saturated rings. The first-order valence-corrected chi connectivity index (χ1v) is 7.12. The zero-order valence-corrected chi connectivity index (χ0v) is 12.1. The van der Waals surface area contributed by atoms with Crippen molar-refractivity contribution in [2.24, 2.45) is 0 Å². The van der Waals surface area contributed by atoms with Crippen LogP contribution in [0.4, 0.5) is 0 Å². The standard InChI is InChI=1S/C15H24OS/c1-12(2)14-8-7-13(3)11-15(14)16-9-5-4-6-10-17/h7-8,11-12,17H,4-6,9-10H2,1-3H3. The molecule has 1 aromatic carbocycles. The number of rotatable bonds is 7. The smallest absolute Gasteiger partial charge is 0.122 e. The van der Waals surface area contributed by atoms with Crippen LogP contribution in [0.2, 0.25) is 0 Å². The Bertz CT molecular complexity index is 334. The maximum absolute atomic E-state index is 5.90. The molecule has 0 aliphatic carbocycles. The van der Waals surface area contributed by atoms with Crippen molar-refractivity contribution in [3.05, 3.63) is 29.3 Å². The van der Waals surface area contributed by atoms with Crippen molar-refractivity contribution in [1.82, 2.24) is 0 Å². The molecule has 0 amide bonds. The molecule has 0 radical (unpaired) electrons. The van der Waals surface area contributed by atoms with E-state index >= 15 is 0 Å². The van der Waals surface area contributed by atoms with Crippen molar-refractivity contribution in [3.8, 4) is 5.75 Å². The van der Waals surface area contributed by atoms with Gasteiger partial charge in [-0.1, -0.05) is 26.0 Å². The topological polar surface area (TPSA) is 9.23 Å². The van der Waals surface area contributed by atoms with E-state index in [1.807, 2.05) is 0 Å². The summed E-state index contributed by atoms with van der Waals surface area (Å²) in [6, 6.07) is 6.49. The van der Waals surface area contributed by atoms with E-state index in [0.717, 1.165) is 24.5 Å². The molecular weight excluding hydrogens is 228 g/mol. The molecule has 0 bridgehead atoms. The first kappa shape index (κ1) is 14.4. The second-order valence-electron chi connectivity index (χ2n) is 4.83. The predicted octanol–water partition coefficient (Wildman–Crippen LogP) is 4.60. The molecule has 0 atom stereocenters. The van der Waals surface area contributed by atoms with Gasteiger partial charge in [0, 0.05) is 0 Å². The van der Waals surface area contributed by atoms with Crippen molar-refractivity contribution in [1.29, 1.82) is 0 Å². The van der Waals surface area contributed by atoms with Crippen molar-refractivity contribution in [3.63, 3.8) is 0 Å². The average Bonchev–Trinajstić information content (AvgIpc) is 2.28. The molecule has 0 saturated heterocycles. The van der Waals surface area contributed by atoms with E-state index in [4.69, 9.17) is 4.74 Å². The maximum Gasteiger partial charge on any atom is 0.122 e. The largest absolute Gasteiger partial charge is 0.493 e. The van der Waals surface area contributed by atoms with Crippen LogP contribution < -0.4 is 4.74 Å². The third-order valence-corrected chi connectivity index (χ3v) is 3.17. The van der Waals surface area contributed by atoms with Gasteiger partial charge in [0.1, 0.15) is 5.75 Å². The normalized spacial score (nSPS) is 10.9. The minimum absolute atomic E-state index is 0.517. The van der Waals surface area contributed by atoms with Gasteiger partial charge in [-0.05, 0) is 55.1 Å². The highest BCUT2D eigenvalue weighted by molar-refractivity contribution is 7.80. The van der Waals surface area contributed by atoms with Gasteiger partial charge >= 0.3 is 0 Å². The molecule has 0 aliphatic heterocycles. The summed E-state index contributed by atoms with van der Waals surface area (Å²) in [5.74, 6) is 2.55. The molecule has 96 valence electrons. The lowest BCUT2D eigenvalue weighted by atomic mass is 10.0. The highest BCUT2D eigenvalue weighted by atomic mass is 32.1. The zero-order chi connectivity index (χ0) is 12.7. The van der Waals surface area contributed by atoms with Crippen LogP contribution in [0.3, 0.4) is 0 Å². The molecule has 1 nitrogen and oxygen atoms in total. The highest BCUT2D eigenvalue weighted by Gasteiger charge is 2.07. The zero-order valence-electron chi connectivity index (χ0n) is 11.2. The monoisotopic (exact) mass is 252 g/mol. The molecule has 1 aromatic rings. The number of hydrogen-bond donors (Lipinski definition) is 1. The fraction of sp³-hybridized carbons (Fsp3) is 0.600. The van der Waals surface area contributed by atoms with Crippen LogP contribution in [-0.2, 0) is 0 Å². The first-order chi connectivity index (χ1) is 8.15. The van der Waals surface area contributed by atoms with Crippen molar-refractivity contribution in [2.75, 3.05) is 12.4 Å². The fourth-order valence-electron chi connectivity index (χ4n) is 1.82. The first-order valence-electron chi connectivity index (χ1n) is 6.49. The van der Waals surface area contributed by atoms with E-state index in [1.54, 1.807) is 0 Å². The highest BCUT2D eigenvalue weighted by Crippen LogP contribution is 2.27. The van der Waals surface area contributed by atoms with E-state index in [2.05, 4.69) is 51.6 Å². The summed E-state index contributed by atoms with van der Waals surface area (Å²) < 4.78 is 5.90. The van der Waals surface area contributed by atoms with Crippen LogP contribution in [0.15, 0.2) is 18.2 Å². The molecule has 2 heteroatoms. The fourth-order valence-corrected chi connectivity index (χ4v) is 2.04. The van der Waals surface area contributed by atoms with Gasteiger partial charge in [-0.3, -0.25) is 0 Å².